The van der Waals surface area contributed by atoms with Crippen molar-refractivity contribution in [3.05, 3.63) is 75.9 Å². The van der Waals surface area contributed by atoms with Gasteiger partial charge in [0.15, 0.2) is 0 Å². The second-order valence-corrected chi connectivity index (χ2v) is 6.25. The lowest BCUT2D eigenvalue weighted by atomic mass is 9.77. The summed E-state index contributed by atoms with van der Waals surface area (Å²) in [5.74, 6) is 1.58. The molecule has 4 rings (SSSR count). The van der Waals surface area contributed by atoms with Gasteiger partial charge in [-0.25, -0.2) is 0 Å². The Hall–Kier alpha value is -2.82. The zero-order valence-corrected chi connectivity index (χ0v) is 13.3. The summed E-state index contributed by atoms with van der Waals surface area (Å²) in [6.07, 6.45) is 5.49. The van der Waals surface area contributed by atoms with E-state index in [4.69, 9.17) is 4.74 Å². The lowest BCUT2D eigenvalue weighted by molar-refractivity contribution is -0.384. The zero-order valence-electron chi connectivity index (χ0n) is 13.3. The van der Waals surface area contributed by atoms with Gasteiger partial charge in [-0.3, -0.25) is 10.1 Å². The molecule has 1 aliphatic heterocycles. The second kappa shape index (κ2) is 5.67. The first-order chi connectivity index (χ1) is 11.7. The summed E-state index contributed by atoms with van der Waals surface area (Å²) >= 11 is 0. The van der Waals surface area contributed by atoms with Gasteiger partial charge < -0.3 is 10.1 Å². The van der Waals surface area contributed by atoms with Crippen LogP contribution in [0.5, 0.6) is 5.75 Å². The molecular formula is C19H18N2O3. The standard InChI is InChI=1S/C19H18N2O3/c1-24-17-7-3-6-16-14-4-2-5-15(14)18(20-19(16)17)12-8-10-13(11-9-12)21(22)23/h2-4,6-11,14-15,18,20H,5H2,1H3/t14-,15+,18-/m1/s1. The average molecular weight is 322 g/mol. The Bertz CT molecular complexity index is 814. The van der Waals surface area contributed by atoms with E-state index >= 15 is 0 Å². The summed E-state index contributed by atoms with van der Waals surface area (Å²) in [4.78, 5) is 10.5. The number of nitrogens with one attached hydrogen (secondary N) is 1. The predicted octanol–water partition coefficient (Wildman–Crippen LogP) is 4.43. The summed E-state index contributed by atoms with van der Waals surface area (Å²) in [5, 5.41) is 14.5. The third-order valence-corrected chi connectivity index (χ3v) is 5.04. The number of ether oxygens (including phenoxy) is 1. The molecule has 122 valence electrons. The molecule has 0 saturated heterocycles. The van der Waals surface area contributed by atoms with Crippen molar-refractivity contribution in [2.45, 2.75) is 18.4 Å². The van der Waals surface area contributed by atoms with Gasteiger partial charge in [0.1, 0.15) is 5.75 Å². The van der Waals surface area contributed by atoms with Gasteiger partial charge >= 0.3 is 0 Å². The number of para-hydroxylation sites is 1. The number of benzene rings is 2. The summed E-state index contributed by atoms with van der Waals surface area (Å²) in [7, 11) is 1.68. The number of nitro benzene ring substituents is 1. The third-order valence-electron chi connectivity index (χ3n) is 5.04. The largest absolute Gasteiger partial charge is 0.495 e. The number of rotatable bonds is 3. The number of hydrogen-bond donors (Lipinski definition) is 1. The van der Waals surface area contributed by atoms with E-state index in [1.165, 1.54) is 5.56 Å². The molecule has 3 atom stereocenters. The highest BCUT2D eigenvalue weighted by Crippen LogP contribution is 2.52. The Morgan fingerprint density at radius 3 is 2.71 bits per heavy atom. The average Bonchev–Trinajstić information content (AvgIpc) is 3.10. The number of fused-ring (bicyclic) bond motifs is 3. The summed E-state index contributed by atoms with van der Waals surface area (Å²) in [6, 6.07) is 13.1. The van der Waals surface area contributed by atoms with Crippen molar-refractivity contribution in [2.24, 2.45) is 5.92 Å². The van der Waals surface area contributed by atoms with E-state index in [1.807, 2.05) is 24.3 Å². The van der Waals surface area contributed by atoms with E-state index < -0.39 is 0 Å². The Morgan fingerprint density at radius 1 is 1.21 bits per heavy atom. The second-order valence-electron chi connectivity index (χ2n) is 6.25. The summed E-state index contributed by atoms with van der Waals surface area (Å²) < 4.78 is 5.52. The van der Waals surface area contributed by atoms with Gasteiger partial charge in [0, 0.05) is 18.1 Å². The number of nitrogens with zero attached hydrogens (tertiary/aromatic N) is 1. The number of nitro groups is 1. The van der Waals surface area contributed by atoms with Crippen molar-refractivity contribution in [3.8, 4) is 5.75 Å². The van der Waals surface area contributed by atoms with E-state index in [-0.39, 0.29) is 16.7 Å². The number of non-ortho nitro benzene ring substituents is 1. The van der Waals surface area contributed by atoms with Crippen LogP contribution in [0.2, 0.25) is 0 Å². The maximum Gasteiger partial charge on any atom is 0.269 e. The van der Waals surface area contributed by atoms with E-state index in [0.29, 0.717) is 11.8 Å². The fourth-order valence-electron chi connectivity index (χ4n) is 3.90. The van der Waals surface area contributed by atoms with E-state index in [9.17, 15) is 10.1 Å². The van der Waals surface area contributed by atoms with Crippen LogP contribution >= 0.6 is 0 Å². The maximum atomic E-state index is 10.9. The van der Waals surface area contributed by atoms with Gasteiger partial charge in [-0.2, -0.15) is 0 Å². The molecule has 2 aromatic carbocycles. The Morgan fingerprint density at radius 2 is 2.00 bits per heavy atom. The minimum atomic E-state index is -0.365. The molecule has 2 aliphatic rings. The van der Waals surface area contributed by atoms with Crippen LogP contribution in [0, 0.1) is 16.0 Å². The van der Waals surface area contributed by atoms with Crippen LogP contribution in [0.15, 0.2) is 54.6 Å². The van der Waals surface area contributed by atoms with Crippen LogP contribution in [0.1, 0.15) is 29.5 Å². The van der Waals surface area contributed by atoms with Gasteiger partial charge in [-0.1, -0.05) is 36.4 Å². The number of anilines is 1. The van der Waals surface area contributed by atoms with Crippen molar-refractivity contribution < 1.29 is 9.66 Å². The van der Waals surface area contributed by atoms with Crippen LogP contribution < -0.4 is 10.1 Å². The number of methoxy groups -OCH3 is 1. The number of allylic oxidation sites excluding steroid dienone is 2. The Kier molecular flexibility index (Phi) is 3.49. The van der Waals surface area contributed by atoms with Crippen LogP contribution in [0.4, 0.5) is 11.4 Å². The SMILES string of the molecule is COc1cccc2c1N[C@H](c1ccc([N+](=O)[O-])cc1)[C@H]1CC=C[C@@H]21. The molecule has 1 heterocycles. The highest BCUT2D eigenvalue weighted by molar-refractivity contribution is 5.67. The third kappa shape index (κ3) is 2.24. The van der Waals surface area contributed by atoms with Crippen molar-refractivity contribution in [1.82, 2.24) is 0 Å². The molecule has 0 aromatic heterocycles. The molecule has 5 nitrogen and oxygen atoms in total. The van der Waals surface area contributed by atoms with Gasteiger partial charge in [0.25, 0.3) is 5.69 Å². The first kappa shape index (κ1) is 14.8. The van der Waals surface area contributed by atoms with Gasteiger partial charge in [0.05, 0.1) is 23.8 Å². The molecule has 5 heteroatoms. The fourth-order valence-corrected chi connectivity index (χ4v) is 3.90. The van der Waals surface area contributed by atoms with Crippen molar-refractivity contribution >= 4 is 11.4 Å². The van der Waals surface area contributed by atoms with E-state index in [2.05, 4.69) is 23.5 Å². The monoisotopic (exact) mass is 322 g/mol. The van der Waals surface area contributed by atoms with Gasteiger partial charge in [-0.15, -0.1) is 0 Å². The lowest BCUT2D eigenvalue weighted by Gasteiger charge is -2.38. The molecule has 0 fully saturated rings. The number of hydrogen-bond acceptors (Lipinski definition) is 4. The maximum absolute atomic E-state index is 10.9. The molecule has 0 radical (unpaired) electrons. The minimum Gasteiger partial charge on any atom is -0.495 e. The van der Waals surface area contributed by atoms with Crippen molar-refractivity contribution in [1.29, 1.82) is 0 Å². The normalized spacial score (nSPS) is 24.0. The Balaban J connectivity index is 1.76. The molecule has 0 spiro atoms. The van der Waals surface area contributed by atoms with Crippen LogP contribution in [-0.4, -0.2) is 12.0 Å². The molecule has 0 amide bonds. The van der Waals surface area contributed by atoms with E-state index in [1.54, 1.807) is 19.2 Å². The highest BCUT2D eigenvalue weighted by Gasteiger charge is 2.38. The smallest absolute Gasteiger partial charge is 0.269 e. The van der Waals surface area contributed by atoms with Gasteiger partial charge in [0.2, 0.25) is 0 Å². The van der Waals surface area contributed by atoms with E-state index in [0.717, 1.165) is 23.4 Å². The molecule has 0 unspecified atom stereocenters. The molecule has 0 bridgehead atoms. The molecule has 24 heavy (non-hydrogen) atoms. The van der Waals surface area contributed by atoms with Crippen LogP contribution in [0.3, 0.4) is 0 Å². The summed E-state index contributed by atoms with van der Waals surface area (Å²) in [6.45, 7) is 0. The van der Waals surface area contributed by atoms with Gasteiger partial charge in [-0.05, 0) is 29.5 Å². The quantitative estimate of drug-likeness (QED) is 0.516. The Labute approximate surface area is 140 Å². The lowest BCUT2D eigenvalue weighted by Crippen LogP contribution is -2.29. The topological polar surface area (TPSA) is 64.4 Å². The minimum absolute atomic E-state index is 0.106. The molecule has 2 aromatic rings. The highest BCUT2D eigenvalue weighted by atomic mass is 16.6. The van der Waals surface area contributed by atoms with Crippen LogP contribution in [-0.2, 0) is 0 Å². The van der Waals surface area contributed by atoms with Crippen molar-refractivity contribution in [2.75, 3.05) is 12.4 Å². The molecular weight excluding hydrogens is 304 g/mol. The van der Waals surface area contributed by atoms with Crippen LogP contribution in [0.25, 0.3) is 0 Å². The summed E-state index contributed by atoms with van der Waals surface area (Å²) in [5.41, 5.74) is 3.46. The molecule has 1 aliphatic carbocycles. The predicted molar refractivity (Wildman–Crippen MR) is 92.4 cm³/mol. The van der Waals surface area contributed by atoms with Crippen molar-refractivity contribution in [3.63, 3.8) is 0 Å². The first-order valence-electron chi connectivity index (χ1n) is 8.03. The fraction of sp³-hybridized carbons (Fsp3) is 0.263. The molecule has 1 N–H and O–H groups in total. The molecule has 0 saturated carbocycles. The first-order valence-corrected chi connectivity index (χ1v) is 8.03. The zero-order chi connectivity index (χ0) is 16.7.